The Morgan fingerprint density at radius 2 is 1.93 bits per heavy atom. The summed E-state index contributed by atoms with van der Waals surface area (Å²) >= 11 is 0. The highest BCUT2D eigenvalue weighted by Crippen LogP contribution is 2.17. The standard InChI is InChI=1S/C12H25NO/c1-9(2)5-11-6-12(7-13-11)14-8-10(3)4/h9-13H,5-8H2,1-4H3. The summed E-state index contributed by atoms with van der Waals surface area (Å²) in [5.74, 6) is 1.44. The summed E-state index contributed by atoms with van der Waals surface area (Å²) in [7, 11) is 0. The summed E-state index contributed by atoms with van der Waals surface area (Å²) in [6.07, 6.45) is 2.94. The van der Waals surface area contributed by atoms with Crippen LogP contribution in [0.3, 0.4) is 0 Å². The van der Waals surface area contributed by atoms with Crippen molar-refractivity contribution in [2.75, 3.05) is 13.2 Å². The molecule has 1 N–H and O–H groups in total. The van der Waals surface area contributed by atoms with Gasteiger partial charge in [0.25, 0.3) is 0 Å². The van der Waals surface area contributed by atoms with Crippen LogP contribution < -0.4 is 5.32 Å². The van der Waals surface area contributed by atoms with E-state index in [2.05, 4.69) is 33.0 Å². The van der Waals surface area contributed by atoms with Crippen molar-refractivity contribution in [3.05, 3.63) is 0 Å². The topological polar surface area (TPSA) is 21.3 Å². The SMILES string of the molecule is CC(C)COC1CNC(CC(C)C)C1. The number of hydrogen-bond donors (Lipinski definition) is 1. The molecule has 0 aromatic carbocycles. The highest BCUT2D eigenvalue weighted by atomic mass is 16.5. The van der Waals surface area contributed by atoms with Crippen molar-refractivity contribution in [1.82, 2.24) is 5.32 Å². The molecule has 0 spiro atoms. The second-order valence-corrected chi connectivity index (χ2v) is 5.32. The molecule has 2 atom stereocenters. The van der Waals surface area contributed by atoms with Gasteiger partial charge < -0.3 is 10.1 Å². The van der Waals surface area contributed by atoms with E-state index in [1.807, 2.05) is 0 Å². The van der Waals surface area contributed by atoms with Gasteiger partial charge >= 0.3 is 0 Å². The lowest BCUT2D eigenvalue weighted by Crippen LogP contribution is -2.23. The minimum atomic E-state index is 0.459. The van der Waals surface area contributed by atoms with Gasteiger partial charge in [-0.2, -0.15) is 0 Å². The third-order valence-corrected chi connectivity index (χ3v) is 2.60. The first kappa shape index (κ1) is 12.0. The van der Waals surface area contributed by atoms with E-state index in [1.165, 1.54) is 12.8 Å². The zero-order chi connectivity index (χ0) is 10.6. The van der Waals surface area contributed by atoms with Crippen molar-refractivity contribution in [3.8, 4) is 0 Å². The Morgan fingerprint density at radius 3 is 2.50 bits per heavy atom. The summed E-state index contributed by atoms with van der Waals surface area (Å²) in [6.45, 7) is 10.9. The van der Waals surface area contributed by atoms with Crippen LogP contribution in [0, 0.1) is 11.8 Å². The summed E-state index contributed by atoms with van der Waals surface area (Å²) < 4.78 is 5.81. The molecule has 0 aromatic rings. The van der Waals surface area contributed by atoms with Crippen LogP contribution in [-0.2, 0) is 4.74 Å². The van der Waals surface area contributed by atoms with E-state index in [0.717, 1.165) is 19.1 Å². The maximum Gasteiger partial charge on any atom is 0.0714 e. The average molecular weight is 199 g/mol. The van der Waals surface area contributed by atoms with Gasteiger partial charge in [-0.3, -0.25) is 0 Å². The van der Waals surface area contributed by atoms with Gasteiger partial charge in [0.2, 0.25) is 0 Å². The third kappa shape index (κ3) is 4.43. The lowest BCUT2D eigenvalue weighted by Gasteiger charge is -2.14. The molecule has 0 aliphatic carbocycles. The van der Waals surface area contributed by atoms with E-state index in [4.69, 9.17) is 4.74 Å². The van der Waals surface area contributed by atoms with Gasteiger partial charge in [-0.25, -0.2) is 0 Å². The molecule has 0 aromatic heterocycles. The van der Waals surface area contributed by atoms with Crippen molar-refractivity contribution in [2.24, 2.45) is 11.8 Å². The van der Waals surface area contributed by atoms with Gasteiger partial charge in [-0.15, -0.1) is 0 Å². The molecule has 1 rings (SSSR count). The summed E-state index contributed by atoms with van der Waals surface area (Å²) in [5, 5.41) is 3.54. The molecule has 0 amide bonds. The highest BCUT2D eigenvalue weighted by molar-refractivity contribution is 4.82. The van der Waals surface area contributed by atoms with Crippen molar-refractivity contribution in [2.45, 2.75) is 52.7 Å². The van der Waals surface area contributed by atoms with Crippen LogP contribution in [0.25, 0.3) is 0 Å². The third-order valence-electron chi connectivity index (χ3n) is 2.60. The molecule has 2 unspecified atom stereocenters. The van der Waals surface area contributed by atoms with E-state index in [9.17, 15) is 0 Å². The lowest BCUT2D eigenvalue weighted by atomic mass is 10.0. The Balaban J connectivity index is 2.14. The van der Waals surface area contributed by atoms with Gasteiger partial charge in [0.1, 0.15) is 0 Å². The van der Waals surface area contributed by atoms with Crippen LogP contribution in [0.4, 0.5) is 0 Å². The quantitative estimate of drug-likeness (QED) is 0.734. The summed E-state index contributed by atoms with van der Waals surface area (Å²) in [6, 6.07) is 0.687. The molecule has 2 heteroatoms. The Bertz CT molecular complexity index is 156. The molecular formula is C12H25NO. The van der Waals surface area contributed by atoms with E-state index in [-0.39, 0.29) is 0 Å². The normalized spacial score (nSPS) is 27.9. The van der Waals surface area contributed by atoms with Gasteiger partial charge in [0.05, 0.1) is 6.10 Å². The second kappa shape index (κ2) is 5.72. The summed E-state index contributed by atoms with van der Waals surface area (Å²) in [5.41, 5.74) is 0. The van der Waals surface area contributed by atoms with Gasteiger partial charge in [-0.05, 0) is 24.7 Å². The molecule has 1 aliphatic rings. The van der Waals surface area contributed by atoms with Crippen molar-refractivity contribution >= 4 is 0 Å². The Hall–Kier alpha value is -0.0800. The van der Waals surface area contributed by atoms with Crippen LogP contribution in [0.1, 0.15) is 40.5 Å². The fourth-order valence-electron chi connectivity index (χ4n) is 1.99. The van der Waals surface area contributed by atoms with Crippen molar-refractivity contribution < 1.29 is 4.74 Å². The Kier molecular flexibility index (Phi) is 4.90. The van der Waals surface area contributed by atoms with E-state index >= 15 is 0 Å². The van der Waals surface area contributed by atoms with E-state index in [0.29, 0.717) is 18.1 Å². The minimum absolute atomic E-state index is 0.459. The summed E-state index contributed by atoms with van der Waals surface area (Å²) in [4.78, 5) is 0. The van der Waals surface area contributed by atoms with E-state index < -0.39 is 0 Å². The molecule has 1 fully saturated rings. The average Bonchev–Trinajstić information content (AvgIpc) is 2.47. The number of nitrogens with one attached hydrogen (secondary N) is 1. The van der Waals surface area contributed by atoms with Crippen LogP contribution >= 0.6 is 0 Å². The first-order valence-corrected chi connectivity index (χ1v) is 5.93. The molecule has 84 valence electrons. The Labute approximate surface area is 88.4 Å². The monoisotopic (exact) mass is 199 g/mol. The maximum absolute atomic E-state index is 5.81. The predicted octanol–water partition coefficient (Wildman–Crippen LogP) is 2.44. The highest BCUT2D eigenvalue weighted by Gasteiger charge is 2.24. The molecule has 0 saturated carbocycles. The second-order valence-electron chi connectivity index (χ2n) is 5.32. The fourth-order valence-corrected chi connectivity index (χ4v) is 1.99. The molecule has 0 radical (unpaired) electrons. The zero-order valence-corrected chi connectivity index (χ0v) is 10.0. The lowest BCUT2D eigenvalue weighted by molar-refractivity contribution is 0.0468. The maximum atomic E-state index is 5.81. The largest absolute Gasteiger partial charge is 0.377 e. The zero-order valence-electron chi connectivity index (χ0n) is 10.0. The number of hydrogen-bond acceptors (Lipinski definition) is 2. The fraction of sp³-hybridized carbons (Fsp3) is 1.00. The predicted molar refractivity (Wildman–Crippen MR) is 60.4 cm³/mol. The van der Waals surface area contributed by atoms with Crippen LogP contribution in [0.5, 0.6) is 0 Å². The number of ether oxygens (including phenoxy) is 1. The Morgan fingerprint density at radius 1 is 1.21 bits per heavy atom. The minimum Gasteiger partial charge on any atom is -0.377 e. The molecule has 1 aliphatic heterocycles. The van der Waals surface area contributed by atoms with Crippen LogP contribution in [0.15, 0.2) is 0 Å². The number of rotatable bonds is 5. The van der Waals surface area contributed by atoms with Gasteiger partial charge in [0, 0.05) is 19.2 Å². The van der Waals surface area contributed by atoms with Crippen molar-refractivity contribution in [1.29, 1.82) is 0 Å². The first-order chi connectivity index (χ1) is 6.58. The smallest absolute Gasteiger partial charge is 0.0714 e. The van der Waals surface area contributed by atoms with E-state index in [1.54, 1.807) is 0 Å². The molecule has 0 bridgehead atoms. The first-order valence-electron chi connectivity index (χ1n) is 5.93. The molecule has 14 heavy (non-hydrogen) atoms. The van der Waals surface area contributed by atoms with Crippen LogP contribution in [0.2, 0.25) is 0 Å². The van der Waals surface area contributed by atoms with Gasteiger partial charge in [-0.1, -0.05) is 27.7 Å². The molecule has 2 nitrogen and oxygen atoms in total. The van der Waals surface area contributed by atoms with Crippen molar-refractivity contribution in [3.63, 3.8) is 0 Å². The molecule has 1 saturated heterocycles. The molecular weight excluding hydrogens is 174 g/mol. The van der Waals surface area contributed by atoms with Gasteiger partial charge in [0.15, 0.2) is 0 Å². The molecule has 1 heterocycles. The van der Waals surface area contributed by atoms with Crippen LogP contribution in [-0.4, -0.2) is 25.3 Å².